The number of aromatic nitrogens is 4. The van der Waals surface area contributed by atoms with Gasteiger partial charge in [-0.3, -0.25) is 0 Å². The molecule has 1 N–H and O–H groups in total. The van der Waals surface area contributed by atoms with Crippen molar-refractivity contribution in [2.45, 2.75) is 0 Å². The van der Waals surface area contributed by atoms with E-state index in [0.717, 1.165) is 27.0 Å². The first kappa shape index (κ1) is 11.2. The molecule has 0 saturated carbocycles. The summed E-state index contributed by atoms with van der Waals surface area (Å²) < 4.78 is 2.77. The van der Waals surface area contributed by atoms with Gasteiger partial charge in [0.15, 0.2) is 5.65 Å². The molecular weight excluding hydrogens is 294 g/mol. The lowest BCUT2D eigenvalue weighted by atomic mass is 10.3. The molecule has 0 radical (unpaired) electrons. The highest BCUT2D eigenvalue weighted by atomic mass is 79.9. The summed E-state index contributed by atoms with van der Waals surface area (Å²) in [7, 11) is 1.83. The molecule has 5 nitrogen and oxygen atoms in total. The minimum Gasteiger partial charge on any atom is -0.372 e. The zero-order chi connectivity index (χ0) is 12.5. The summed E-state index contributed by atoms with van der Waals surface area (Å²) in [6.45, 7) is 0. The molecule has 0 aliphatic rings. The molecule has 0 bridgehead atoms. The fourth-order valence-corrected chi connectivity index (χ4v) is 2.30. The van der Waals surface area contributed by atoms with Crippen molar-refractivity contribution in [3.8, 4) is 5.69 Å². The Hall–Kier alpha value is -1.95. The molecule has 3 aromatic rings. The summed E-state index contributed by atoms with van der Waals surface area (Å²) >= 11 is 3.52. The fourth-order valence-electron chi connectivity index (χ4n) is 1.84. The topological polar surface area (TPSA) is 55.6 Å². The Bertz CT molecular complexity index is 707. The summed E-state index contributed by atoms with van der Waals surface area (Å²) in [4.78, 5) is 8.46. The molecule has 2 heterocycles. The number of para-hydroxylation sites is 1. The molecule has 90 valence electrons. The first-order chi connectivity index (χ1) is 8.81. The zero-order valence-electron chi connectivity index (χ0n) is 9.63. The Labute approximate surface area is 112 Å². The van der Waals surface area contributed by atoms with Crippen molar-refractivity contribution in [1.29, 1.82) is 0 Å². The van der Waals surface area contributed by atoms with Gasteiger partial charge in [-0.25, -0.2) is 14.6 Å². The minimum absolute atomic E-state index is 0.776. The largest absolute Gasteiger partial charge is 0.372 e. The molecule has 18 heavy (non-hydrogen) atoms. The van der Waals surface area contributed by atoms with Gasteiger partial charge in [0.1, 0.15) is 12.1 Å². The number of benzene rings is 1. The Morgan fingerprint density at radius 2 is 2.06 bits per heavy atom. The summed E-state index contributed by atoms with van der Waals surface area (Å²) in [6.07, 6.45) is 3.30. The van der Waals surface area contributed by atoms with E-state index in [-0.39, 0.29) is 0 Å². The van der Waals surface area contributed by atoms with Crippen LogP contribution in [0, 0.1) is 0 Å². The number of hydrogen-bond acceptors (Lipinski definition) is 4. The number of hydrogen-bond donors (Lipinski definition) is 1. The van der Waals surface area contributed by atoms with Gasteiger partial charge in [-0.15, -0.1) is 0 Å². The molecular formula is C12H10BrN5. The summed E-state index contributed by atoms with van der Waals surface area (Å²) in [5.41, 5.74) is 1.73. The van der Waals surface area contributed by atoms with Crippen molar-refractivity contribution >= 4 is 32.8 Å². The highest BCUT2D eigenvalue weighted by molar-refractivity contribution is 9.10. The normalized spacial score (nSPS) is 10.8. The molecule has 0 saturated heterocycles. The third-order valence-corrected chi connectivity index (χ3v) is 3.35. The maximum absolute atomic E-state index is 4.38. The molecule has 0 atom stereocenters. The SMILES string of the molecule is CNc1ncnc2c1cnn2-c1ccccc1Br. The lowest BCUT2D eigenvalue weighted by Gasteiger charge is -2.05. The van der Waals surface area contributed by atoms with Gasteiger partial charge >= 0.3 is 0 Å². The summed E-state index contributed by atoms with van der Waals surface area (Å²) in [5, 5.41) is 8.31. The fraction of sp³-hybridized carbons (Fsp3) is 0.0833. The Balaban J connectivity index is 2.29. The van der Waals surface area contributed by atoms with Crippen molar-refractivity contribution in [2.75, 3.05) is 12.4 Å². The van der Waals surface area contributed by atoms with Gasteiger partial charge in [0.25, 0.3) is 0 Å². The molecule has 1 aromatic carbocycles. The quantitative estimate of drug-likeness (QED) is 0.791. The average molecular weight is 304 g/mol. The van der Waals surface area contributed by atoms with Gasteiger partial charge in [-0.05, 0) is 28.1 Å². The maximum atomic E-state index is 4.38. The second kappa shape index (κ2) is 4.38. The first-order valence-corrected chi connectivity index (χ1v) is 6.22. The Kier molecular flexibility index (Phi) is 2.71. The van der Waals surface area contributed by atoms with E-state index in [9.17, 15) is 0 Å². The molecule has 0 spiro atoms. The predicted molar refractivity (Wildman–Crippen MR) is 73.9 cm³/mol. The smallest absolute Gasteiger partial charge is 0.168 e. The molecule has 3 rings (SSSR count). The van der Waals surface area contributed by atoms with Crippen LogP contribution in [0.2, 0.25) is 0 Å². The summed E-state index contributed by atoms with van der Waals surface area (Å²) in [5.74, 6) is 0.776. The van der Waals surface area contributed by atoms with Crippen LogP contribution in [0.4, 0.5) is 5.82 Å². The van der Waals surface area contributed by atoms with E-state index in [2.05, 4.69) is 36.3 Å². The monoisotopic (exact) mass is 303 g/mol. The Morgan fingerprint density at radius 1 is 1.22 bits per heavy atom. The number of anilines is 1. The minimum atomic E-state index is 0.776. The molecule has 6 heteroatoms. The number of fused-ring (bicyclic) bond motifs is 1. The van der Waals surface area contributed by atoms with Crippen molar-refractivity contribution in [3.05, 3.63) is 41.3 Å². The standard InChI is InChI=1S/C12H10BrN5/c1-14-11-8-6-17-18(12(8)16-7-15-11)10-5-3-2-4-9(10)13/h2-7H,1H3,(H,14,15,16). The van der Waals surface area contributed by atoms with Crippen molar-refractivity contribution < 1.29 is 0 Å². The lowest BCUT2D eigenvalue weighted by molar-refractivity contribution is 0.891. The van der Waals surface area contributed by atoms with Gasteiger partial charge in [-0.1, -0.05) is 12.1 Å². The number of nitrogens with one attached hydrogen (secondary N) is 1. The third-order valence-electron chi connectivity index (χ3n) is 2.68. The lowest BCUT2D eigenvalue weighted by Crippen LogP contribution is -1.99. The zero-order valence-corrected chi connectivity index (χ0v) is 11.2. The highest BCUT2D eigenvalue weighted by Crippen LogP contribution is 2.25. The molecule has 0 unspecified atom stereocenters. The van der Waals surface area contributed by atoms with Crippen LogP contribution >= 0.6 is 15.9 Å². The second-order valence-electron chi connectivity index (χ2n) is 3.72. The first-order valence-electron chi connectivity index (χ1n) is 5.42. The average Bonchev–Trinajstić information content (AvgIpc) is 2.83. The van der Waals surface area contributed by atoms with E-state index in [1.165, 1.54) is 6.33 Å². The van der Waals surface area contributed by atoms with Crippen molar-refractivity contribution in [2.24, 2.45) is 0 Å². The molecule has 0 aliphatic heterocycles. The number of rotatable bonds is 2. The van der Waals surface area contributed by atoms with E-state index in [1.54, 1.807) is 10.9 Å². The third kappa shape index (κ3) is 1.65. The van der Waals surface area contributed by atoms with Crippen LogP contribution in [0.3, 0.4) is 0 Å². The van der Waals surface area contributed by atoms with E-state index < -0.39 is 0 Å². The highest BCUT2D eigenvalue weighted by Gasteiger charge is 2.11. The van der Waals surface area contributed by atoms with Gasteiger partial charge in [0.05, 0.1) is 17.3 Å². The van der Waals surface area contributed by atoms with Crippen LogP contribution in [-0.4, -0.2) is 26.8 Å². The molecule has 0 fully saturated rings. The second-order valence-corrected chi connectivity index (χ2v) is 4.57. The van der Waals surface area contributed by atoms with E-state index >= 15 is 0 Å². The predicted octanol–water partition coefficient (Wildman–Crippen LogP) is 2.62. The summed E-state index contributed by atoms with van der Waals surface area (Å²) in [6, 6.07) is 7.89. The van der Waals surface area contributed by atoms with Crippen LogP contribution in [-0.2, 0) is 0 Å². The van der Waals surface area contributed by atoms with Crippen LogP contribution < -0.4 is 5.32 Å². The Morgan fingerprint density at radius 3 is 2.83 bits per heavy atom. The van der Waals surface area contributed by atoms with E-state index in [0.29, 0.717) is 0 Å². The van der Waals surface area contributed by atoms with Crippen LogP contribution in [0.1, 0.15) is 0 Å². The number of nitrogens with zero attached hydrogens (tertiary/aromatic N) is 4. The van der Waals surface area contributed by atoms with Crippen LogP contribution in [0.5, 0.6) is 0 Å². The number of halogens is 1. The molecule has 0 aliphatic carbocycles. The van der Waals surface area contributed by atoms with Gasteiger partial charge < -0.3 is 5.32 Å². The molecule has 0 amide bonds. The van der Waals surface area contributed by atoms with Crippen LogP contribution in [0.15, 0.2) is 41.3 Å². The molecule has 2 aromatic heterocycles. The van der Waals surface area contributed by atoms with Crippen molar-refractivity contribution in [3.63, 3.8) is 0 Å². The van der Waals surface area contributed by atoms with E-state index in [1.807, 2.05) is 31.3 Å². The van der Waals surface area contributed by atoms with Crippen LogP contribution in [0.25, 0.3) is 16.7 Å². The van der Waals surface area contributed by atoms with Gasteiger partial charge in [0.2, 0.25) is 0 Å². The van der Waals surface area contributed by atoms with E-state index in [4.69, 9.17) is 0 Å². The maximum Gasteiger partial charge on any atom is 0.168 e. The van der Waals surface area contributed by atoms with Gasteiger partial charge in [0, 0.05) is 11.5 Å². The van der Waals surface area contributed by atoms with Gasteiger partial charge in [-0.2, -0.15) is 5.10 Å². The van der Waals surface area contributed by atoms with Crippen molar-refractivity contribution in [1.82, 2.24) is 19.7 Å².